The summed E-state index contributed by atoms with van der Waals surface area (Å²) in [5.74, 6) is -0.463. The first-order chi connectivity index (χ1) is 15.5. The van der Waals surface area contributed by atoms with Crippen LogP contribution in [0.2, 0.25) is 5.02 Å². The average molecular weight is 502 g/mol. The first-order valence-electron chi connectivity index (χ1n) is 9.98. The van der Waals surface area contributed by atoms with Crippen molar-refractivity contribution in [2.24, 2.45) is 0 Å². The number of benzene rings is 4. The molecule has 0 aliphatic rings. The van der Waals surface area contributed by atoms with Crippen LogP contribution >= 0.6 is 27.5 Å². The van der Waals surface area contributed by atoms with E-state index in [0.29, 0.717) is 17.1 Å². The predicted octanol–water partition coefficient (Wildman–Crippen LogP) is 7.39. The molecule has 0 saturated carbocycles. The molecule has 0 aliphatic heterocycles. The molecular weight excluding hydrogens is 484 g/mol. The van der Waals surface area contributed by atoms with Gasteiger partial charge in [0, 0.05) is 15.2 Å². The van der Waals surface area contributed by atoms with Crippen LogP contribution in [0.4, 0.5) is 5.69 Å². The van der Waals surface area contributed by atoms with Gasteiger partial charge in [-0.3, -0.25) is 4.79 Å². The summed E-state index contributed by atoms with van der Waals surface area (Å²) >= 11 is 9.53. The zero-order valence-corrected chi connectivity index (χ0v) is 19.3. The standard InChI is InChI=1S/C27H18BrClN2O/c28-26-8-4-2-6-20(26)15-19-10-9-18-5-1-3-7-24(18)25(19)16-21(17-30)27(32)31-23-13-11-22(29)12-14-23/h1-14,16H,15H2,(H,31,32)/b21-16+. The van der Waals surface area contributed by atoms with Gasteiger partial charge in [0.15, 0.2) is 0 Å². The molecule has 1 amide bonds. The van der Waals surface area contributed by atoms with E-state index in [2.05, 4.69) is 45.5 Å². The van der Waals surface area contributed by atoms with Crippen molar-refractivity contribution in [2.45, 2.75) is 6.42 Å². The minimum atomic E-state index is -0.463. The van der Waals surface area contributed by atoms with Crippen molar-refractivity contribution in [2.75, 3.05) is 5.32 Å². The van der Waals surface area contributed by atoms with Crippen molar-refractivity contribution in [3.05, 3.63) is 117 Å². The molecule has 3 nitrogen and oxygen atoms in total. The predicted molar refractivity (Wildman–Crippen MR) is 135 cm³/mol. The van der Waals surface area contributed by atoms with Crippen LogP contribution in [0.3, 0.4) is 0 Å². The number of rotatable bonds is 5. The third kappa shape index (κ3) is 4.91. The maximum Gasteiger partial charge on any atom is 0.266 e. The monoisotopic (exact) mass is 500 g/mol. The second-order valence-electron chi connectivity index (χ2n) is 7.26. The number of carbonyl (C=O) groups is 1. The topological polar surface area (TPSA) is 52.9 Å². The number of amides is 1. The van der Waals surface area contributed by atoms with Gasteiger partial charge in [-0.15, -0.1) is 0 Å². The number of halogens is 2. The third-order valence-corrected chi connectivity index (χ3v) is 6.18. The van der Waals surface area contributed by atoms with E-state index >= 15 is 0 Å². The highest BCUT2D eigenvalue weighted by molar-refractivity contribution is 9.10. The van der Waals surface area contributed by atoms with Crippen molar-refractivity contribution in [3.8, 4) is 6.07 Å². The highest BCUT2D eigenvalue weighted by Crippen LogP contribution is 2.29. The lowest BCUT2D eigenvalue weighted by atomic mass is 9.93. The van der Waals surface area contributed by atoms with Crippen LogP contribution in [-0.2, 0) is 11.2 Å². The number of nitrogens with one attached hydrogen (secondary N) is 1. The molecule has 0 radical (unpaired) electrons. The zero-order chi connectivity index (χ0) is 22.5. The Morgan fingerprint density at radius 1 is 0.938 bits per heavy atom. The van der Waals surface area contributed by atoms with E-state index in [0.717, 1.165) is 31.9 Å². The van der Waals surface area contributed by atoms with Gasteiger partial charge in [0.05, 0.1) is 0 Å². The fourth-order valence-electron chi connectivity index (χ4n) is 3.54. The van der Waals surface area contributed by atoms with Crippen LogP contribution in [0.15, 0.2) is 95.0 Å². The molecule has 0 atom stereocenters. The maximum absolute atomic E-state index is 12.9. The van der Waals surface area contributed by atoms with E-state index in [9.17, 15) is 10.1 Å². The van der Waals surface area contributed by atoms with Crippen molar-refractivity contribution < 1.29 is 4.79 Å². The summed E-state index contributed by atoms with van der Waals surface area (Å²) in [6, 6.07) is 29.0. The van der Waals surface area contributed by atoms with Gasteiger partial charge < -0.3 is 5.32 Å². The summed E-state index contributed by atoms with van der Waals surface area (Å²) in [5.41, 5.74) is 3.63. The molecular formula is C27H18BrClN2O. The molecule has 0 fully saturated rings. The zero-order valence-electron chi connectivity index (χ0n) is 17.0. The Hall–Kier alpha value is -3.39. The first kappa shape index (κ1) is 21.8. The van der Waals surface area contributed by atoms with Gasteiger partial charge in [0.1, 0.15) is 11.6 Å². The molecule has 0 bridgehead atoms. The molecule has 4 aromatic rings. The van der Waals surface area contributed by atoms with E-state index in [1.165, 1.54) is 0 Å². The summed E-state index contributed by atoms with van der Waals surface area (Å²) in [5, 5.41) is 15.2. The van der Waals surface area contributed by atoms with Gasteiger partial charge in [0.25, 0.3) is 5.91 Å². The lowest BCUT2D eigenvalue weighted by molar-refractivity contribution is -0.112. The smallest absolute Gasteiger partial charge is 0.266 e. The van der Waals surface area contributed by atoms with E-state index < -0.39 is 5.91 Å². The van der Waals surface area contributed by atoms with E-state index in [4.69, 9.17) is 11.6 Å². The molecule has 0 saturated heterocycles. The molecule has 4 rings (SSSR count). The number of anilines is 1. The SMILES string of the molecule is N#C/C(=C\c1c(Cc2ccccc2Br)ccc2ccccc12)C(=O)Nc1ccc(Cl)cc1. The van der Waals surface area contributed by atoms with E-state index in [1.54, 1.807) is 30.3 Å². The Bertz CT molecular complexity index is 1370. The number of carbonyl (C=O) groups excluding carboxylic acids is 1. The molecule has 0 unspecified atom stereocenters. The minimum Gasteiger partial charge on any atom is -0.321 e. The van der Waals surface area contributed by atoms with Crippen LogP contribution in [0.1, 0.15) is 16.7 Å². The number of nitriles is 1. The summed E-state index contributed by atoms with van der Waals surface area (Å²) in [6.45, 7) is 0. The summed E-state index contributed by atoms with van der Waals surface area (Å²) in [4.78, 5) is 12.9. The first-order valence-corrected chi connectivity index (χ1v) is 11.1. The van der Waals surface area contributed by atoms with Crippen LogP contribution < -0.4 is 5.32 Å². The fraction of sp³-hybridized carbons (Fsp3) is 0.0370. The van der Waals surface area contributed by atoms with Gasteiger partial charge in [-0.05, 0) is 70.3 Å². The number of fused-ring (bicyclic) bond motifs is 1. The second-order valence-corrected chi connectivity index (χ2v) is 8.55. The van der Waals surface area contributed by atoms with Gasteiger partial charge >= 0.3 is 0 Å². The van der Waals surface area contributed by atoms with E-state index in [1.807, 2.05) is 42.5 Å². The highest BCUT2D eigenvalue weighted by Gasteiger charge is 2.14. The molecule has 0 aliphatic carbocycles. The fourth-order valence-corrected chi connectivity index (χ4v) is 4.09. The molecule has 32 heavy (non-hydrogen) atoms. The Labute approximate surface area is 200 Å². The van der Waals surface area contributed by atoms with Crippen molar-refractivity contribution in [1.82, 2.24) is 0 Å². The van der Waals surface area contributed by atoms with Gasteiger partial charge in [-0.25, -0.2) is 0 Å². The molecule has 0 aromatic heterocycles. The lowest BCUT2D eigenvalue weighted by Gasteiger charge is -2.12. The summed E-state index contributed by atoms with van der Waals surface area (Å²) in [6.07, 6.45) is 2.34. The Morgan fingerprint density at radius 3 is 2.41 bits per heavy atom. The van der Waals surface area contributed by atoms with Gasteiger partial charge in [0.2, 0.25) is 0 Å². The summed E-state index contributed by atoms with van der Waals surface area (Å²) in [7, 11) is 0. The second kappa shape index (κ2) is 9.82. The quantitative estimate of drug-likeness (QED) is 0.229. The largest absolute Gasteiger partial charge is 0.321 e. The highest BCUT2D eigenvalue weighted by atomic mass is 79.9. The maximum atomic E-state index is 12.9. The normalized spacial score (nSPS) is 11.2. The molecule has 0 heterocycles. The minimum absolute atomic E-state index is 0.0321. The van der Waals surface area contributed by atoms with Crippen LogP contribution in [0.5, 0.6) is 0 Å². The molecule has 156 valence electrons. The van der Waals surface area contributed by atoms with Crippen molar-refractivity contribution in [3.63, 3.8) is 0 Å². The van der Waals surface area contributed by atoms with Gasteiger partial charge in [-0.1, -0.05) is 82.1 Å². The van der Waals surface area contributed by atoms with Crippen molar-refractivity contribution >= 4 is 56.0 Å². The molecule has 0 spiro atoms. The number of hydrogen-bond acceptors (Lipinski definition) is 2. The van der Waals surface area contributed by atoms with Crippen LogP contribution in [0.25, 0.3) is 16.8 Å². The third-order valence-electron chi connectivity index (χ3n) is 5.16. The Kier molecular flexibility index (Phi) is 6.70. The molecule has 4 aromatic carbocycles. The number of hydrogen-bond donors (Lipinski definition) is 1. The summed E-state index contributed by atoms with van der Waals surface area (Å²) < 4.78 is 1.02. The van der Waals surface area contributed by atoms with E-state index in [-0.39, 0.29) is 5.57 Å². The lowest BCUT2D eigenvalue weighted by Crippen LogP contribution is -2.13. The number of nitrogens with zero attached hydrogens (tertiary/aromatic N) is 1. The van der Waals surface area contributed by atoms with Gasteiger partial charge in [-0.2, -0.15) is 5.26 Å². The van der Waals surface area contributed by atoms with Crippen LogP contribution in [0, 0.1) is 11.3 Å². The molecule has 1 N–H and O–H groups in total. The van der Waals surface area contributed by atoms with Crippen molar-refractivity contribution in [1.29, 1.82) is 5.26 Å². The Balaban J connectivity index is 1.77. The average Bonchev–Trinajstić information content (AvgIpc) is 2.81. The van der Waals surface area contributed by atoms with Crippen LogP contribution in [-0.4, -0.2) is 5.91 Å². The molecule has 5 heteroatoms. The Morgan fingerprint density at radius 2 is 1.66 bits per heavy atom.